The Morgan fingerprint density at radius 2 is 2.17 bits per heavy atom. The summed E-state index contributed by atoms with van der Waals surface area (Å²) in [6.45, 7) is 4.53. The van der Waals surface area contributed by atoms with Gasteiger partial charge in [0.2, 0.25) is 5.91 Å². The molecule has 1 saturated heterocycles. The van der Waals surface area contributed by atoms with E-state index in [4.69, 9.17) is 9.84 Å². The quantitative estimate of drug-likeness (QED) is 0.702. The number of hydrogen-bond acceptors (Lipinski definition) is 3. The summed E-state index contributed by atoms with van der Waals surface area (Å²) >= 11 is 0. The maximum absolute atomic E-state index is 11.9. The van der Waals surface area contributed by atoms with Gasteiger partial charge in [-0.2, -0.15) is 0 Å². The average Bonchev–Trinajstić information content (AvgIpc) is 2.37. The molecule has 1 rings (SSSR count). The summed E-state index contributed by atoms with van der Waals surface area (Å²) in [6, 6.07) is 0. The molecule has 1 aliphatic heterocycles. The van der Waals surface area contributed by atoms with Crippen molar-refractivity contribution in [3.63, 3.8) is 0 Å². The van der Waals surface area contributed by atoms with E-state index < -0.39 is 5.97 Å². The summed E-state index contributed by atoms with van der Waals surface area (Å²) in [5.41, 5.74) is 0. The third kappa shape index (κ3) is 5.49. The number of piperidine rings is 1. The normalized spacial score (nSPS) is 19.8. The predicted molar refractivity (Wildman–Crippen MR) is 67.3 cm³/mol. The van der Waals surface area contributed by atoms with E-state index in [1.165, 1.54) is 0 Å². The molecule has 0 aromatic carbocycles. The van der Waals surface area contributed by atoms with Crippen molar-refractivity contribution in [2.45, 2.75) is 39.0 Å². The Balaban J connectivity index is 2.28. The van der Waals surface area contributed by atoms with Crippen molar-refractivity contribution in [1.29, 1.82) is 0 Å². The van der Waals surface area contributed by atoms with Crippen molar-refractivity contribution < 1.29 is 19.4 Å². The number of carboxylic acids is 1. The highest BCUT2D eigenvalue weighted by Crippen LogP contribution is 2.21. The fourth-order valence-corrected chi connectivity index (χ4v) is 2.32. The lowest BCUT2D eigenvalue weighted by molar-refractivity contribution is -0.137. The molecule has 0 aliphatic carbocycles. The lowest BCUT2D eigenvalue weighted by atomic mass is 9.93. The van der Waals surface area contributed by atoms with Crippen LogP contribution in [-0.2, 0) is 14.3 Å². The van der Waals surface area contributed by atoms with E-state index >= 15 is 0 Å². The molecule has 18 heavy (non-hydrogen) atoms. The van der Waals surface area contributed by atoms with Crippen LogP contribution in [0.5, 0.6) is 0 Å². The molecule has 0 aromatic rings. The summed E-state index contributed by atoms with van der Waals surface area (Å²) in [4.78, 5) is 24.3. The van der Waals surface area contributed by atoms with Crippen LogP contribution in [-0.4, -0.2) is 48.2 Å². The zero-order valence-electron chi connectivity index (χ0n) is 11.1. The van der Waals surface area contributed by atoms with E-state index in [2.05, 4.69) is 0 Å². The Hall–Kier alpha value is -1.10. The third-order valence-electron chi connectivity index (χ3n) is 3.30. The molecule has 5 heteroatoms. The standard InChI is InChI=1S/C13H23NO4/c1-2-18-9-7-12(15)14-8-3-4-11(10-14)5-6-13(16)17/h11H,2-10H2,1H3,(H,16,17)/t11-/m0/s1. The lowest BCUT2D eigenvalue weighted by Gasteiger charge is -2.32. The van der Waals surface area contributed by atoms with Gasteiger partial charge in [0.25, 0.3) is 0 Å². The van der Waals surface area contributed by atoms with E-state index in [9.17, 15) is 9.59 Å². The molecular formula is C13H23NO4. The second kappa shape index (κ2) is 8.08. The molecule has 0 unspecified atom stereocenters. The van der Waals surface area contributed by atoms with Crippen molar-refractivity contribution in [1.82, 2.24) is 4.90 Å². The number of likely N-dealkylation sites (tertiary alicyclic amines) is 1. The van der Waals surface area contributed by atoms with Crippen LogP contribution in [0.25, 0.3) is 0 Å². The molecule has 1 amide bonds. The first-order chi connectivity index (χ1) is 8.63. The van der Waals surface area contributed by atoms with Crippen molar-refractivity contribution in [2.75, 3.05) is 26.3 Å². The Morgan fingerprint density at radius 1 is 1.39 bits per heavy atom. The van der Waals surface area contributed by atoms with Crippen LogP contribution in [0.3, 0.4) is 0 Å². The van der Waals surface area contributed by atoms with Gasteiger partial charge >= 0.3 is 5.97 Å². The first-order valence-corrected chi connectivity index (χ1v) is 6.70. The summed E-state index contributed by atoms with van der Waals surface area (Å²) in [5, 5.41) is 8.67. The van der Waals surface area contributed by atoms with Gasteiger partial charge in [-0.1, -0.05) is 0 Å². The Morgan fingerprint density at radius 3 is 2.83 bits per heavy atom. The topological polar surface area (TPSA) is 66.8 Å². The number of carbonyl (C=O) groups excluding carboxylic acids is 1. The molecule has 1 aliphatic rings. The van der Waals surface area contributed by atoms with Gasteiger partial charge in [-0.15, -0.1) is 0 Å². The zero-order valence-corrected chi connectivity index (χ0v) is 11.1. The van der Waals surface area contributed by atoms with Crippen LogP contribution in [0.15, 0.2) is 0 Å². The minimum Gasteiger partial charge on any atom is -0.481 e. The fraction of sp³-hybridized carbons (Fsp3) is 0.846. The Labute approximate surface area is 108 Å². The molecule has 5 nitrogen and oxygen atoms in total. The number of hydrogen-bond donors (Lipinski definition) is 1. The van der Waals surface area contributed by atoms with E-state index in [1.807, 2.05) is 11.8 Å². The summed E-state index contributed by atoms with van der Waals surface area (Å²) < 4.78 is 5.18. The van der Waals surface area contributed by atoms with Gasteiger partial charge in [0.15, 0.2) is 0 Å². The third-order valence-corrected chi connectivity index (χ3v) is 3.30. The minimum atomic E-state index is -0.755. The molecule has 1 fully saturated rings. The Bertz CT molecular complexity index is 280. The van der Waals surface area contributed by atoms with Crippen LogP contribution < -0.4 is 0 Å². The molecule has 1 heterocycles. The highest BCUT2D eigenvalue weighted by molar-refractivity contribution is 5.76. The first-order valence-electron chi connectivity index (χ1n) is 6.70. The first kappa shape index (κ1) is 15.0. The molecule has 1 N–H and O–H groups in total. The van der Waals surface area contributed by atoms with Gasteiger partial charge in [-0.3, -0.25) is 9.59 Å². The number of carboxylic acid groups (broad SMARTS) is 1. The maximum Gasteiger partial charge on any atom is 0.303 e. The molecule has 0 radical (unpaired) electrons. The van der Waals surface area contributed by atoms with Gasteiger partial charge in [-0.25, -0.2) is 0 Å². The van der Waals surface area contributed by atoms with Gasteiger partial charge in [0, 0.05) is 26.1 Å². The van der Waals surface area contributed by atoms with Crippen molar-refractivity contribution >= 4 is 11.9 Å². The highest BCUT2D eigenvalue weighted by atomic mass is 16.5. The molecule has 0 bridgehead atoms. The van der Waals surface area contributed by atoms with Crippen LogP contribution >= 0.6 is 0 Å². The van der Waals surface area contributed by atoms with Crippen molar-refractivity contribution in [2.24, 2.45) is 5.92 Å². The molecule has 0 spiro atoms. The number of amides is 1. The summed E-state index contributed by atoms with van der Waals surface area (Å²) in [6.07, 6.45) is 3.31. The van der Waals surface area contributed by atoms with E-state index in [-0.39, 0.29) is 12.3 Å². The Kier molecular flexibility index (Phi) is 6.72. The van der Waals surface area contributed by atoms with E-state index in [1.54, 1.807) is 0 Å². The molecular weight excluding hydrogens is 234 g/mol. The van der Waals surface area contributed by atoms with Crippen molar-refractivity contribution in [3.05, 3.63) is 0 Å². The maximum atomic E-state index is 11.9. The van der Waals surface area contributed by atoms with Gasteiger partial charge in [0.1, 0.15) is 0 Å². The number of aliphatic carboxylic acids is 1. The summed E-state index contributed by atoms with van der Waals surface area (Å²) in [5.74, 6) is -0.288. The van der Waals surface area contributed by atoms with Crippen LogP contribution in [0.2, 0.25) is 0 Å². The SMILES string of the molecule is CCOCCC(=O)N1CCC[C@@H](CCC(=O)O)C1. The molecule has 0 aromatic heterocycles. The van der Waals surface area contributed by atoms with Gasteiger partial charge in [-0.05, 0) is 32.1 Å². The smallest absolute Gasteiger partial charge is 0.303 e. The number of carbonyl (C=O) groups is 2. The van der Waals surface area contributed by atoms with Crippen LogP contribution in [0, 0.1) is 5.92 Å². The van der Waals surface area contributed by atoms with Crippen molar-refractivity contribution in [3.8, 4) is 0 Å². The predicted octanol–water partition coefficient (Wildman–Crippen LogP) is 1.52. The van der Waals surface area contributed by atoms with E-state index in [0.29, 0.717) is 38.5 Å². The second-order valence-electron chi connectivity index (χ2n) is 4.73. The van der Waals surface area contributed by atoms with Gasteiger partial charge < -0.3 is 14.7 Å². The van der Waals surface area contributed by atoms with Crippen LogP contribution in [0.1, 0.15) is 39.0 Å². The number of ether oxygens (including phenoxy) is 1. The molecule has 104 valence electrons. The zero-order chi connectivity index (χ0) is 13.4. The second-order valence-corrected chi connectivity index (χ2v) is 4.73. The largest absolute Gasteiger partial charge is 0.481 e. The average molecular weight is 257 g/mol. The summed E-state index contributed by atoms with van der Waals surface area (Å²) in [7, 11) is 0. The van der Waals surface area contributed by atoms with Gasteiger partial charge in [0.05, 0.1) is 13.0 Å². The lowest BCUT2D eigenvalue weighted by Crippen LogP contribution is -2.40. The number of rotatable bonds is 7. The fourth-order valence-electron chi connectivity index (χ4n) is 2.32. The monoisotopic (exact) mass is 257 g/mol. The van der Waals surface area contributed by atoms with E-state index in [0.717, 1.165) is 19.4 Å². The van der Waals surface area contributed by atoms with Crippen LogP contribution in [0.4, 0.5) is 0 Å². The highest BCUT2D eigenvalue weighted by Gasteiger charge is 2.23. The minimum absolute atomic E-state index is 0.128. The molecule has 0 saturated carbocycles. The number of nitrogens with zero attached hydrogens (tertiary/aromatic N) is 1. The molecule has 1 atom stereocenters.